The van der Waals surface area contributed by atoms with Crippen LogP contribution in [0.2, 0.25) is 0 Å². The maximum absolute atomic E-state index is 2.24. The lowest BCUT2D eigenvalue weighted by atomic mass is 10.2. The molecule has 0 radical (unpaired) electrons. The van der Waals surface area contributed by atoms with E-state index in [1.54, 1.807) is 0 Å². The van der Waals surface area contributed by atoms with Gasteiger partial charge in [0.15, 0.2) is 0 Å². The highest BCUT2D eigenvalue weighted by Crippen LogP contribution is 1.94. The fourth-order valence-electron chi connectivity index (χ4n) is 0.762. The van der Waals surface area contributed by atoms with Crippen molar-refractivity contribution >= 4 is 0 Å². The second kappa shape index (κ2) is 7.39. The quantitative estimate of drug-likeness (QED) is 0.433. The lowest BCUT2D eigenvalue weighted by Crippen LogP contribution is -1.99. The molecule has 0 aliphatic carbocycles. The average Bonchev–Trinajstić information content (AvgIpc) is 1.96. The Morgan fingerprint density at radius 1 is 1.00 bits per heavy atom. The molecule has 11 heavy (non-hydrogen) atoms. The molecule has 0 unspecified atom stereocenters. The fourth-order valence-corrected chi connectivity index (χ4v) is 0.762. The summed E-state index contributed by atoms with van der Waals surface area (Å²) in [4.78, 5) is 2.06. The summed E-state index contributed by atoms with van der Waals surface area (Å²) in [5, 5.41) is 0. The molecule has 0 fully saturated rings. The third-order valence-corrected chi connectivity index (χ3v) is 1.31. The van der Waals surface area contributed by atoms with Crippen LogP contribution in [0.1, 0.15) is 26.2 Å². The van der Waals surface area contributed by atoms with Gasteiger partial charge in [0.25, 0.3) is 0 Å². The summed E-state index contributed by atoms with van der Waals surface area (Å²) < 4.78 is 0. The summed E-state index contributed by atoms with van der Waals surface area (Å²) >= 11 is 0. The van der Waals surface area contributed by atoms with Crippen LogP contribution >= 0.6 is 0 Å². The second-order valence-electron chi connectivity index (χ2n) is 2.81. The maximum atomic E-state index is 2.24. The molecule has 0 atom stereocenters. The molecule has 0 amide bonds. The minimum atomic E-state index is 1.15. The first-order valence-electron chi connectivity index (χ1n) is 4.25. The highest BCUT2D eigenvalue weighted by molar-refractivity contribution is 4.86. The van der Waals surface area contributed by atoms with E-state index in [4.69, 9.17) is 0 Å². The van der Waals surface area contributed by atoms with E-state index >= 15 is 0 Å². The van der Waals surface area contributed by atoms with Crippen molar-refractivity contribution in [3.05, 3.63) is 24.4 Å². The van der Waals surface area contributed by atoms with E-state index in [1.165, 1.54) is 0 Å². The Bertz CT molecular complexity index is 123. The van der Waals surface area contributed by atoms with Crippen LogP contribution in [-0.4, -0.2) is 19.0 Å². The molecule has 0 bridgehead atoms. The van der Waals surface area contributed by atoms with Crippen molar-refractivity contribution in [2.75, 3.05) is 14.1 Å². The molecule has 0 aliphatic heterocycles. The van der Waals surface area contributed by atoms with Crippen LogP contribution in [-0.2, 0) is 0 Å². The highest BCUT2D eigenvalue weighted by Gasteiger charge is 1.77. The van der Waals surface area contributed by atoms with Gasteiger partial charge in [-0.2, -0.15) is 0 Å². The van der Waals surface area contributed by atoms with Gasteiger partial charge in [-0.05, 0) is 25.5 Å². The zero-order chi connectivity index (χ0) is 8.53. The van der Waals surface area contributed by atoms with Crippen molar-refractivity contribution in [2.45, 2.75) is 26.2 Å². The van der Waals surface area contributed by atoms with Crippen LogP contribution in [0.4, 0.5) is 0 Å². The number of hydrogen-bond acceptors (Lipinski definition) is 1. The minimum absolute atomic E-state index is 1.15. The van der Waals surface area contributed by atoms with Crippen molar-refractivity contribution < 1.29 is 0 Å². The Kier molecular flexibility index (Phi) is 6.90. The molecule has 0 spiro atoms. The van der Waals surface area contributed by atoms with Crippen molar-refractivity contribution in [2.24, 2.45) is 0 Å². The van der Waals surface area contributed by atoms with Gasteiger partial charge in [0.1, 0.15) is 0 Å². The Morgan fingerprint density at radius 3 is 2.18 bits per heavy atom. The van der Waals surface area contributed by atoms with Gasteiger partial charge < -0.3 is 4.90 Å². The van der Waals surface area contributed by atoms with Gasteiger partial charge in [0.2, 0.25) is 0 Å². The minimum Gasteiger partial charge on any atom is -0.384 e. The predicted molar refractivity (Wildman–Crippen MR) is 51.5 cm³/mol. The van der Waals surface area contributed by atoms with Crippen LogP contribution in [0.15, 0.2) is 24.4 Å². The van der Waals surface area contributed by atoms with E-state index in [0.717, 1.165) is 19.3 Å². The van der Waals surface area contributed by atoms with Gasteiger partial charge in [0, 0.05) is 14.1 Å². The zero-order valence-corrected chi connectivity index (χ0v) is 7.88. The molecular weight excluding hydrogens is 134 g/mol. The van der Waals surface area contributed by atoms with Crippen molar-refractivity contribution in [1.82, 2.24) is 4.90 Å². The van der Waals surface area contributed by atoms with E-state index in [1.807, 2.05) is 14.1 Å². The van der Waals surface area contributed by atoms with Gasteiger partial charge in [-0.3, -0.25) is 0 Å². The molecular formula is C10H19N. The first-order chi connectivity index (χ1) is 5.27. The molecule has 1 nitrogen and oxygen atoms in total. The van der Waals surface area contributed by atoms with Gasteiger partial charge in [0.05, 0.1) is 0 Å². The van der Waals surface area contributed by atoms with Crippen LogP contribution < -0.4 is 0 Å². The van der Waals surface area contributed by atoms with Crippen molar-refractivity contribution in [3.63, 3.8) is 0 Å². The van der Waals surface area contributed by atoms with Crippen LogP contribution in [0.5, 0.6) is 0 Å². The molecule has 0 saturated carbocycles. The Morgan fingerprint density at radius 2 is 1.64 bits per heavy atom. The number of allylic oxidation sites excluding steroid dienone is 3. The monoisotopic (exact) mass is 153 g/mol. The zero-order valence-electron chi connectivity index (χ0n) is 7.88. The van der Waals surface area contributed by atoms with E-state index < -0.39 is 0 Å². The molecule has 0 aromatic carbocycles. The average molecular weight is 153 g/mol. The van der Waals surface area contributed by atoms with Gasteiger partial charge in [-0.1, -0.05) is 25.2 Å². The van der Waals surface area contributed by atoms with Crippen molar-refractivity contribution in [1.29, 1.82) is 0 Å². The normalized spacial score (nSPS) is 11.5. The van der Waals surface area contributed by atoms with Gasteiger partial charge in [-0.25, -0.2) is 0 Å². The molecule has 0 saturated heterocycles. The molecule has 1 heteroatoms. The largest absolute Gasteiger partial charge is 0.384 e. The molecule has 0 N–H and O–H groups in total. The van der Waals surface area contributed by atoms with Crippen LogP contribution in [0, 0.1) is 0 Å². The van der Waals surface area contributed by atoms with E-state index in [0.29, 0.717) is 0 Å². The molecule has 0 aromatic rings. The third-order valence-electron chi connectivity index (χ3n) is 1.31. The summed E-state index contributed by atoms with van der Waals surface area (Å²) in [5.41, 5.74) is 0. The van der Waals surface area contributed by atoms with E-state index in [-0.39, 0.29) is 0 Å². The van der Waals surface area contributed by atoms with Crippen LogP contribution in [0.25, 0.3) is 0 Å². The summed E-state index contributed by atoms with van der Waals surface area (Å²) in [6.07, 6.45) is 12.2. The number of nitrogens with zero attached hydrogens (tertiary/aromatic N) is 1. The van der Waals surface area contributed by atoms with Gasteiger partial charge >= 0.3 is 0 Å². The molecule has 0 rings (SSSR count). The fraction of sp³-hybridized carbons (Fsp3) is 0.600. The predicted octanol–water partition coefficient (Wildman–Crippen LogP) is 2.81. The molecule has 0 heterocycles. The first kappa shape index (κ1) is 10.3. The highest BCUT2D eigenvalue weighted by atomic mass is 15.0. The smallest absolute Gasteiger partial charge is 0.00555 e. The summed E-state index contributed by atoms with van der Waals surface area (Å²) in [7, 11) is 4.08. The standard InChI is InChI=1S/C10H19N/c1-4-5-6-7-8-9-10-11(2)3/h5-6,9-10H,4,7-8H2,1-3H3/b6-5+,10-9+. The Labute approximate surface area is 70.4 Å². The number of rotatable bonds is 5. The molecule has 64 valence electrons. The van der Waals surface area contributed by atoms with Crippen molar-refractivity contribution in [3.8, 4) is 0 Å². The Hall–Kier alpha value is -0.720. The lowest BCUT2D eigenvalue weighted by Gasteiger charge is -2.01. The summed E-state index contributed by atoms with van der Waals surface area (Å²) in [6.45, 7) is 2.16. The molecule has 0 aliphatic rings. The van der Waals surface area contributed by atoms with Crippen LogP contribution in [0.3, 0.4) is 0 Å². The van der Waals surface area contributed by atoms with E-state index in [9.17, 15) is 0 Å². The lowest BCUT2D eigenvalue weighted by molar-refractivity contribution is 0.561. The van der Waals surface area contributed by atoms with Gasteiger partial charge in [-0.15, -0.1) is 0 Å². The third kappa shape index (κ3) is 9.28. The SMILES string of the molecule is CC/C=C/CC/C=C/N(C)C. The second-order valence-corrected chi connectivity index (χ2v) is 2.81. The first-order valence-corrected chi connectivity index (χ1v) is 4.25. The molecule has 0 aromatic heterocycles. The Balaban J connectivity index is 3.20. The topological polar surface area (TPSA) is 3.24 Å². The number of unbranched alkanes of at least 4 members (excludes halogenated alkanes) is 1. The summed E-state index contributed by atoms with van der Waals surface area (Å²) in [6, 6.07) is 0. The number of hydrogen-bond donors (Lipinski definition) is 0. The summed E-state index contributed by atoms with van der Waals surface area (Å²) in [5.74, 6) is 0. The maximum Gasteiger partial charge on any atom is 0.00555 e. The van der Waals surface area contributed by atoms with E-state index in [2.05, 4.69) is 36.3 Å².